The van der Waals surface area contributed by atoms with E-state index in [-0.39, 0.29) is 12.4 Å². The van der Waals surface area contributed by atoms with Crippen LogP contribution in [0.5, 0.6) is 5.75 Å². The monoisotopic (exact) mass is 261 g/mol. The maximum absolute atomic E-state index is 13.3. The van der Waals surface area contributed by atoms with E-state index in [1.54, 1.807) is 0 Å². The van der Waals surface area contributed by atoms with Gasteiger partial charge in [-0.3, -0.25) is 0 Å². The molecule has 0 fully saturated rings. The number of hydrogen-bond donors (Lipinski definition) is 3. The number of rotatable bonds is 4. The fraction of sp³-hybridized carbons (Fsp3) is 0.200. The van der Waals surface area contributed by atoms with Gasteiger partial charge in [0.2, 0.25) is 0 Å². The van der Waals surface area contributed by atoms with Crippen molar-refractivity contribution in [3.8, 4) is 5.75 Å². The van der Waals surface area contributed by atoms with Crippen LogP contribution in [0.1, 0.15) is 17.2 Å². The number of aliphatic hydroxyl groups is 1. The molecule has 0 saturated heterocycles. The van der Waals surface area contributed by atoms with Crippen molar-refractivity contribution in [3.05, 3.63) is 59.4 Å². The fourth-order valence-corrected chi connectivity index (χ4v) is 1.97. The summed E-state index contributed by atoms with van der Waals surface area (Å²) in [7, 11) is 0. The molecule has 0 aliphatic rings. The topological polar surface area (TPSA) is 52.5 Å². The van der Waals surface area contributed by atoms with E-state index in [0.717, 1.165) is 17.3 Å². The van der Waals surface area contributed by atoms with Crippen molar-refractivity contribution in [2.24, 2.45) is 0 Å². The zero-order valence-electron chi connectivity index (χ0n) is 10.6. The molecule has 0 aliphatic carbocycles. The molecule has 1 unspecified atom stereocenters. The average molecular weight is 261 g/mol. The van der Waals surface area contributed by atoms with Crippen LogP contribution in [-0.4, -0.2) is 16.8 Å². The van der Waals surface area contributed by atoms with Gasteiger partial charge in [-0.1, -0.05) is 12.1 Å². The largest absolute Gasteiger partial charge is 0.508 e. The summed E-state index contributed by atoms with van der Waals surface area (Å²) < 4.78 is 13.3. The van der Waals surface area contributed by atoms with Gasteiger partial charge in [0.1, 0.15) is 11.6 Å². The summed E-state index contributed by atoms with van der Waals surface area (Å²) in [5.41, 5.74) is 2.42. The van der Waals surface area contributed by atoms with Crippen molar-refractivity contribution in [2.45, 2.75) is 13.0 Å². The minimum Gasteiger partial charge on any atom is -0.508 e. The van der Waals surface area contributed by atoms with E-state index in [9.17, 15) is 14.6 Å². The Morgan fingerprint density at radius 1 is 1.21 bits per heavy atom. The molecule has 0 aromatic heterocycles. The van der Waals surface area contributed by atoms with Crippen molar-refractivity contribution < 1.29 is 14.6 Å². The van der Waals surface area contributed by atoms with Crippen molar-refractivity contribution in [1.29, 1.82) is 0 Å². The predicted molar refractivity (Wildman–Crippen MR) is 72.7 cm³/mol. The Kier molecular flexibility index (Phi) is 4.02. The Bertz CT molecular complexity index is 552. The first-order valence-corrected chi connectivity index (χ1v) is 6.02. The van der Waals surface area contributed by atoms with Gasteiger partial charge in [-0.05, 0) is 42.3 Å². The molecule has 0 heterocycles. The Labute approximate surface area is 111 Å². The van der Waals surface area contributed by atoms with Gasteiger partial charge in [0.15, 0.2) is 0 Å². The summed E-state index contributed by atoms with van der Waals surface area (Å²) in [4.78, 5) is 0. The minimum absolute atomic E-state index is 0.153. The first-order chi connectivity index (χ1) is 9.08. The Morgan fingerprint density at radius 3 is 2.63 bits per heavy atom. The van der Waals surface area contributed by atoms with Crippen LogP contribution in [-0.2, 0) is 0 Å². The van der Waals surface area contributed by atoms with E-state index in [4.69, 9.17) is 0 Å². The number of hydrogen-bond acceptors (Lipinski definition) is 3. The van der Waals surface area contributed by atoms with Crippen molar-refractivity contribution in [2.75, 3.05) is 11.9 Å². The number of phenolic OH excluding ortho intramolecular Hbond substituents is 1. The maximum Gasteiger partial charge on any atom is 0.127 e. The lowest BCUT2D eigenvalue weighted by molar-refractivity contribution is 0.276. The minimum atomic E-state index is -0.528. The number of aryl methyl sites for hydroxylation is 1. The molecule has 4 heteroatoms. The zero-order valence-corrected chi connectivity index (χ0v) is 10.6. The number of aromatic hydroxyl groups is 1. The Balaban J connectivity index is 2.24. The molecule has 100 valence electrons. The average Bonchev–Trinajstić information content (AvgIpc) is 2.34. The van der Waals surface area contributed by atoms with Gasteiger partial charge in [0.25, 0.3) is 0 Å². The number of halogens is 1. The molecular weight excluding hydrogens is 245 g/mol. The van der Waals surface area contributed by atoms with E-state index in [2.05, 4.69) is 5.32 Å². The molecule has 2 aromatic rings. The lowest BCUT2D eigenvalue weighted by atomic mass is 10.1. The van der Waals surface area contributed by atoms with Crippen LogP contribution in [0, 0.1) is 12.7 Å². The molecule has 0 radical (unpaired) electrons. The second-order valence-corrected chi connectivity index (χ2v) is 4.49. The molecule has 0 amide bonds. The molecular formula is C15H16FNO2. The summed E-state index contributed by atoms with van der Waals surface area (Å²) in [6.45, 7) is 1.77. The van der Waals surface area contributed by atoms with Crippen molar-refractivity contribution >= 4 is 5.69 Å². The van der Waals surface area contributed by atoms with Crippen LogP contribution in [0.2, 0.25) is 0 Å². The molecule has 2 aromatic carbocycles. The third-order valence-corrected chi connectivity index (χ3v) is 2.85. The second-order valence-electron chi connectivity index (χ2n) is 4.49. The number of nitrogens with one attached hydrogen (secondary N) is 1. The number of aliphatic hydroxyl groups excluding tert-OH is 1. The highest BCUT2D eigenvalue weighted by atomic mass is 19.1. The normalized spacial score (nSPS) is 12.2. The lowest BCUT2D eigenvalue weighted by Crippen LogP contribution is -2.15. The van der Waals surface area contributed by atoms with Gasteiger partial charge in [0, 0.05) is 11.8 Å². The summed E-state index contributed by atoms with van der Waals surface area (Å²) in [6, 6.07) is 11.0. The van der Waals surface area contributed by atoms with Gasteiger partial charge in [0.05, 0.1) is 12.6 Å². The van der Waals surface area contributed by atoms with Crippen LogP contribution in [0.15, 0.2) is 42.5 Å². The summed E-state index contributed by atoms with van der Waals surface area (Å²) in [5.74, 6) is -0.681. The Hall–Kier alpha value is -2.07. The molecule has 0 saturated carbocycles. The third kappa shape index (κ3) is 3.45. The quantitative estimate of drug-likeness (QED) is 0.793. The SMILES string of the molecule is Cc1cccc(NC(CO)c2cc(O)cc(F)c2)c1. The van der Waals surface area contributed by atoms with Gasteiger partial charge < -0.3 is 15.5 Å². The van der Waals surface area contributed by atoms with Crippen LogP contribution in [0.4, 0.5) is 10.1 Å². The van der Waals surface area contributed by atoms with Gasteiger partial charge in [-0.25, -0.2) is 4.39 Å². The van der Waals surface area contributed by atoms with Crippen LogP contribution in [0.25, 0.3) is 0 Å². The highest BCUT2D eigenvalue weighted by Gasteiger charge is 2.12. The maximum atomic E-state index is 13.3. The van der Waals surface area contributed by atoms with Crippen LogP contribution < -0.4 is 5.32 Å². The first-order valence-electron chi connectivity index (χ1n) is 6.02. The highest BCUT2D eigenvalue weighted by molar-refractivity contribution is 5.48. The van der Waals surface area contributed by atoms with E-state index < -0.39 is 11.9 Å². The molecule has 1 atom stereocenters. The molecule has 2 rings (SSSR count). The number of benzene rings is 2. The lowest BCUT2D eigenvalue weighted by Gasteiger charge is -2.18. The van der Waals surface area contributed by atoms with Crippen molar-refractivity contribution in [1.82, 2.24) is 0 Å². The molecule has 0 bridgehead atoms. The van der Waals surface area contributed by atoms with E-state index in [1.807, 2.05) is 31.2 Å². The van der Waals surface area contributed by atoms with E-state index in [0.29, 0.717) is 5.56 Å². The smallest absolute Gasteiger partial charge is 0.127 e. The summed E-state index contributed by atoms with van der Waals surface area (Å²) >= 11 is 0. The standard InChI is InChI=1S/C15H16FNO2/c1-10-3-2-4-13(5-10)17-15(9-18)11-6-12(16)8-14(19)7-11/h2-8,15,17-19H,9H2,1H3. The van der Waals surface area contributed by atoms with Crippen LogP contribution >= 0.6 is 0 Å². The number of anilines is 1. The van der Waals surface area contributed by atoms with Gasteiger partial charge in [-0.15, -0.1) is 0 Å². The first kappa shape index (κ1) is 13.4. The highest BCUT2D eigenvalue weighted by Crippen LogP contribution is 2.24. The third-order valence-electron chi connectivity index (χ3n) is 2.85. The zero-order chi connectivity index (χ0) is 13.8. The van der Waals surface area contributed by atoms with Crippen LogP contribution in [0.3, 0.4) is 0 Å². The van der Waals surface area contributed by atoms with Gasteiger partial charge in [-0.2, -0.15) is 0 Å². The summed E-state index contributed by atoms with van der Waals surface area (Å²) in [6.07, 6.45) is 0. The van der Waals surface area contributed by atoms with Crippen molar-refractivity contribution in [3.63, 3.8) is 0 Å². The predicted octanol–water partition coefficient (Wildman–Crippen LogP) is 2.99. The Morgan fingerprint density at radius 2 is 2.00 bits per heavy atom. The van der Waals surface area contributed by atoms with E-state index in [1.165, 1.54) is 12.1 Å². The fourth-order valence-electron chi connectivity index (χ4n) is 1.97. The molecule has 3 nitrogen and oxygen atoms in total. The number of phenols is 1. The van der Waals surface area contributed by atoms with Gasteiger partial charge >= 0.3 is 0 Å². The summed E-state index contributed by atoms with van der Waals surface area (Å²) in [5, 5.41) is 21.9. The van der Waals surface area contributed by atoms with E-state index >= 15 is 0 Å². The molecule has 0 spiro atoms. The molecule has 19 heavy (non-hydrogen) atoms. The molecule has 0 aliphatic heterocycles. The molecule has 3 N–H and O–H groups in total. The second kappa shape index (κ2) is 5.71.